The van der Waals surface area contributed by atoms with E-state index in [0.29, 0.717) is 6.42 Å². The second-order valence-corrected chi connectivity index (χ2v) is 5.67. The molecule has 18 heavy (non-hydrogen) atoms. The monoisotopic (exact) mass is 318 g/mol. The van der Waals surface area contributed by atoms with E-state index >= 15 is 0 Å². The second-order valence-electron chi connectivity index (χ2n) is 4.88. The van der Waals surface area contributed by atoms with Gasteiger partial charge in [0.05, 0.1) is 28.1 Å². The van der Waals surface area contributed by atoms with Crippen LogP contribution in [0.2, 0.25) is 0 Å². The van der Waals surface area contributed by atoms with Crippen molar-refractivity contribution in [3.05, 3.63) is 15.9 Å². The Morgan fingerprint density at radius 1 is 1.44 bits per heavy atom. The zero-order valence-corrected chi connectivity index (χ0v) is 13.4. The summed E-state index contributed by atoms with van der Waals surface area (Å²) in [5.41, 5.74) is 1.99. The van der Waals surface area contributed by atoms with Gasteiger partial charge in [-0.2, -0.15) is 5.10 Å². The number of aromatic nitrogens is 2. The highest BCUT2D eigenvalue weighted by molar-refractivity contribution is 9.10. The van der Waals surface area contributed by atoms with Crippen LogP contribution >= 0.6 is 15.9 Å². The lowest BCUT2D eigenvalue weighted by Gasteiger charge is -2.25. The van der Waals surface area contributed by atoms with Crippen LogP contribution in [0, 0.1) is 12.8 Å². The highest BCUT2D eigenvalue weighted by Crippen LogP contribution is 2.24. The third kappa shape index (κ3) is 3.33. The lowest BCUT2D eigenvalue weighted by atomic mass is 9.98. The van der Waals surface area contributed by atoms with Gasteiger partial charge in [0.25, 0.3) is 0 Å². The third-order valence-corrected chi connectivity index (χ3v) is 4.20. The maximum absolute atomic E-state index is 10.3. The Balaban J connectivity index is 2.90. The van der Waals surface area contributed by atoms with Crippen LogP contribution < -0.4 is 0 Å². The number of ether oxygens (including phenoxy) is 1. The van der Waals surface area contributed by atoms with Crippen LogP contribution in [0.25, 0.3) is 0 Å². The van der Waals surface area contributed by atoms with Crippen LogP contribution in [0.1, 0.15) is 32.2 Å². The van der Waals surface area contributed by atoms with Gasteiger partial charge < -0.3 is 9.84 Å². The molecule has 0 saturated heterocycles. The van der Waals surface area contributed by atoms with Crippen molar-refractivity contribution in [2.24, 2.45) is 5.92 Å². The van der Waals surface area contributed by atoms with Gasteiger partial charge in [0.15, 0.2) is 0 Å². The van der Waals surface area contributed by atoms with Crippen molar-refractivity contribution in [3.8, 4) is 0 Å². The molecule has 1 N–H and O–H groups in total. The molecule has 0 aromatic carbocycles. The largest absolute Gasteiger partial charge is 0.390 e. The molecular formula is C13H23BrN2O2. The standard InChI is InChI=1S/C13H23BrN2O2/c1-6-16-10(12(14)9(4)15-16)7-11(17)13(18-5)8(2)3/h8,11,13,17H,6-7H2,1-5H3. The topological polar surface area (TPSA) is 47.3 Å². The second kappa shape index (κ2) is 6.68. The SMILES string of the molecule is CCn1nc(C)c(Br)c1CC(O)C(OC)C(C)C. The minimum atomic E-state index is -0.521. The van der Waals surface area contributed by atoms with Gasteiger partial charge in [-0.15, -0.1) is 0 Å². The summed E-state index contributed by atoms with van der Waals surface area (Å²) in [7, 11) is 1.64. The molecule has 0 spiro atoms. The summed E-state index contributed by atoms with van der Waals surface area (Å²) in [5.74, 6) is 0.280. The Kier molecular flexibility index (Phi) is 5.82. The van der Waals surface area contributed by atoms with Crippen molar-refractivity contribution < 1.29 is 9.84 Å². The summed E-state index contributed by atoms with van der Waals surface area (Å²) in [6, 6.07) is 0. The summed E-state index contributed by atoms with van der Waals surface area (Å²) in [6.45, 7) is 8.91. The van der Waals surface area contributed by atoms with Crippen LogP contribution in [0.3, 0.4) is 0 Å². The molecule has 1 rings (SSSR count). The molecule has 0 aliphatic heterocycles. The lowest BCUT2D eigenvalue weighted by molar-refractivity contribution is -0.0375. The number of hydrogen-bond donors (Lipinski definition) is 1. The highest BCUT2D eigenvalue weighted by atomic mass is 79.9. The molecule has 0 amide bonds. The number of hydrogen-bond acceptors (Lipinski definition) is 3. The van der Waals surface area contributed by atoms with Crippen LogP contribution in [0.4, 0.5) is 0 Å². The van der Waals surface area contributed by atoms with E-state index in [0.717, 1.165) is 22.4 Å². The number of rotatable bonds is 6. The van der Waals surface area contributed by atoms with E-state index in [-0.39, 0.29) is 12.0 Å². The molecule has 0 fully saturated rings. The molecular weight excluding hydrogens is 296 g/mol. The van der Waals surface area contributed by atoms with Gasteiger partial charge in [0, 0.05) is 20.1 Å². The Hall–Kier alpha value is -0.390. The number of aryl methyl sites for hydroxylation is 2. The van der Waals surface area contributed by atoms with Crippen molar-refractivity contribution in [1.82, 2.24) is 9.78 Å². The van der Waals surface area contributed by atoms with Gasteiger partial charge >= 0.3 is 0 Å². The molecule has 0 aliphatic rings. The molecule has 5 heteroatoms. The molecule has 1 aromatic rings. The first-order chi connectivity index (χ1) is 8.42. The minimum absolute atomic E-state index is 0.155. The first-order valence-corrected chi connectivity index (χ1v) is 7.14. The van der Waals surface area contributed by atoms with Crippen molar-refractivity contribution in [3.63, 3.8) is 0 Å². The van der Waals surface area contributed by atoms with E-state index in [9.17, 15) is 5.11 Å². The molecule has 4 nitrogen and oxygen atoms in total. The number of methoxy groups -OCH3 is 1. The lowest BCUT2D eigenvalue weighted by Crippen LogP contribution is -2.35. The van der Waals surface area contributed by atoms with Gasteiger partial charge in [0.1, 0.15) is 0 Å². The predicted octanol–water partition coefficient (Wildman–Crippen LogP) is 2.55. The van der Waals surface area contributed by atoms with Crippen molar-refractivity contribution in [2.75, 3.05) is 7.11 Å². The van der Waals surface area contributed by atoms with Gasteiger partial charge in [-0.3, -0.25) is 4.68 Å². The average Bonchev–Trinajstić information content (AvgIpc) is 2.57. The van der Waals surface area contributed by atoms with Crippen LogP contribution in [0.5, 0.6) is 0 Å². The predicted molar refractivity (Wildman–Crippen MR) is 75.7 cm³/mol. The third-order valence-electron chi connectivity index (χ3n) is 3.16. The van der Waals surface area contributed by atoms with E-state index in [1.807, 2.05) is 18.5 Å². The highest BCUT2D eigenvalue weighted by Gasteiger charge is 2.25. The van der Waals surface area contributed by atoms with Gasteiger partial charge in [-0.25, -0.2) is 0 Å². The summed E-state index contributed by atoms with van der Waals surface area (Å²) in [5, 5.41) is 14.7. The maximum Gasteiger partial charge on any atom is 0.0859 e. The molecule has 2 atom stereocenters. The van der Waals surface area contributed by atoms with E-state index in [2.05, 4.69) is 34.9 Å². The van der Waals surface area contributed by atoms with Crippen molar-refractivity contribution in [2.45, 2.75) is 52.9 Å². The Labute approximate surface area is 117 Å². The Bertz CT molecular complexity index is 391. The Morgan fingerprint density at radius 2 is 2.06 bits per heavy atom. The maximum atomic E-state index is 10.3. The Morgan fingerprint density at radius 3 is 2.50 bits per heavy atom. The molecule has 2 unspecified atom stereocenters. The average molecular weight is 319 g/mol. The fourth-order valence-electron chi connectivity index (χ4n) is 2.25. The molecule has 104 valence electrons. The molecule has 1 heterocycles. The van der Waals surface area contributed by atoms with Crippen LogP contribution in [0.15, 0.2) is 4.47 Å². The van der Waals surface area contributed by atoms with Crippen LogP contribution in [-0.2, 0) is 17.7 Å². The summed E-state index contributed by atoms with van der Waals surface area (Å²) in [6.07, 6.45) is -0.128. The normalized spacial score (nSPS) is 15.1. The molecule has 0 radical (unpaired) electrons. The number of halogens is 1. The quantitative estimate of drug-likeness (QED) is 0.876. The summed E-state index contributed by atoms with van der Waals surface area (Å²) in [4.78, 5) is 0. The van der Waals surface area contributed by atoms with E-state index in [4.69, 9.17) is 4.74 Å². The van der Waals surface area contributed by atoms with Gasteiger partial charge in [0.2, 0.25) is 0 Å². The first-order valence-electron chi connectivity index (χ1n) is 6.34. The molecule has 0 saturated carbocycles. The van der Waals surface area contributed by atoms with Crippen LogP contribution in [-0.4, -0.2) is 34.2 Å². The van der Waals surface area contributed by atoms with Crippen molar-refractivity contribution in [1.29, 1.82) is 0 Å². The molecule has 1 aromatic heterocycles. The molecule has 0 bridgehead atoms. The first kappa shape index (κ1) is 15.7. The number of aliphatic hydroxyl groups excluding tert-OH is 1. The van der Waals surface area contributed by atoms with E-state index in [1.54, 1.807) is 7.11 Å². The summed E-state index contributed by atoms with van der Waals surface area (Å²) >= 11 is 3.54. The van der Waals surface area contributed by atoms with E-state index < -0.39 is 6.10 Å². The van der Waals surface area contributed by atoms with Gasteiger partial charge in [-0.1, -0.05) is 13.8 Å². The van der Waals surface area contributed by atoms with Gasteiger partial charge in [-0.05, 0) is 35.7 Å². The molecule has 0 aliphatic carbocycles. The van der Waals surface area contributed by atoms with E-state index in [1.165, 1.54) is 0 Å². The zero-order chi connectivity index (χ0) is 13.9. The van der Waals surface area contributed by atoms with Crippen molar-refractivity contribution >= 4 is 15.9 Å². The minimum Gasteiger partial charge on any atom is -0.390 e. The smallest absolute Gasteiger partial charge is 0.0859 e. The summed E-state index contributed by atoms with van der Waals surface area (Å²) < 4.78 is 8.29. The number of aliphatic hydroxyl groups is 1. The zero-order valence-electron chi connectivity index (χ0n) is 11.8. The number of nitrogens with zero attached hydrogens (tertiary/aromatic N) is 2. The fraction of sp³-hybridized carbons (Fsp3) is 0.769. The fourth-order valence-corrected chi connectivity index (χ4v) is 2.70.